The molecule has 6 heteroatoms. The van der Waals surface area contributed by atoms with Gasteiger partial charge in [0.1, 0.15) is 0 Å². The summed E-state index contributed by atoms with van der Waals surface area (Å²) in [4.78, 5) is 6.95. The van der Waals surface area contributed by atoms with Gasteiger partial charge in [-0.05, 0) is 51.4 Å². The Hall–Kier alpha value is -0.850. The smallest absolute Gasteiger partial charge is 0.193 e. The minimum absolute atomic E-state index is 0.00830. The zero-order chi connectivity index (χ0) is 20.4. The predicted octanol–water partition coefficient (Wildman–Crippen LogP) is 3.74. The Balaban J connectivity index is 1.41. The van der Waals surface area contributed by atoms with Crippen molar-refractivity contribution in [1.82, 2.24) is 10.2 Å². The maximum atomic E-state index is 6.34. The summed E-state index contributed by atoms with van der Waals surface area (Å²) in [6, 6.07) is 0. The van der Waals surface area contributed by atoms with Crippen molar-refractivity contribution in [3.8, 4) is 0 Å². The van der Waals surface area contributed by atoms with Gasteiger partial charge in [0.2, 0.25) is 0 Å². The fraction of sp³-hybridized carbons (Fsp3) is 0.957. The van der Waals surface area contributed by atoms with E-state index in [1.165, 1.54) is 32.1 Å². The predicted molar refractivity (Wildman–Crippen MR) is 118 cm³/mol. The Morgan fingerprint density at radius 3 is 2.55 bits per heavy atom. The molecule has 0 aromatic carbocycles. The number of guanidine groups is 1. The average Bonchev–Trinajstić information content (AvgIpc) is 2.79. The number of hydrogen-bond donors (Lipinski definition) is 1. The Labute approximate surface area is 177 Å². The zero-order valence-electron chi connectivity index (χ0n) is 18.8. The topological polar surface area (TPSA) is 55.3 Å². The number of aliphatic imine (C=N–C) groups is 1. The van der Waals surface area contributed by atoms with E-state index in [-0.39, 0.29) is 5.60 Å². The van der Waals surface area contributed by atoms with Gasteiger partial charge in [0, 0.05) is 39.9 Å². The summed E-state index contributed by atoms with van der Waals surface area (Å²) < 4.78 is 18.3. The minimum Gasteiger partial charge on any atom is -0.376 e. The van der Waals surface area contributed by atoms with Gasteiger partial charge in [-0.15, -0.1) is 0 Å². The van der Waals surface area contributed by atoms with E-state index < -0.39 is 0 Å². The second kappa shape index (κ2) is 12.1. The quantitative estimate of drug-likeness (QED) is 0.489. The SMILES string of the molecule is CCCOC1(CNC(=NC)N2CCC(OCC3CCCCO3)CC2)CCCCC1. The van der Waals surface area contributed by atoms with Crippen LogP contribution in [0.3, 0.4) is 0 Å². The summed E-state index contributed by atoms with van der Waals surface area (Å²) in [6.07, 6.45) is 13.7. The summed E-state index contributed by atoms with van der Waals surface area (Å²) in [5.41, 5.74) is -0.00830. The molecule has 1 N–H and O–H groups in total. The molecular weight excluding hydrogens is 366 g/mol. The van der Waals surface area contributed by atoms with Crippen LogP contribution in [0.1, 0.15) is 77.6 Å². The molecule has 0 spiro atoms. The summed E-state index contributed by atoms with van der Waals surface area (Å²) in [6.45, 7) is 7.57. The number of rotatable bonds is 8. The second-order valence-corrected chi connectivity index (χ2v) is 9.00. The van der Waals surface area contributed by atoms with Crippen LogP contribution in [0, 0.1) is 0 Å². The monoisotopic (exact) mass is 409 g/mol. The van der Waals surface area contributed by atoms with Crippen molar-refractivity contribution in [3.63, 3.8) is 0 Å². The normalized spacial score (nSPS) is 26.5. The van der Waals surface area contributed by atoms with Crippen molar-refractivity contribution in [3.05, 3.63) is 0 Å². The first kappa shape index (κ1) is 22.8. The molecule has 1 unspecified atom stereocenters. The first-order valence-corrected chi connectivity index (χ1v) is 12.1. The van der Waals surface area contributed by atoms with Crippen LogP contribution in [0.15, 0.2) is 4.99 Å². The molecule has 1 saturated carbocycles. The molecule has 168 valence electrons. The van der Waals surface area contributed by atoms with E-state index in [0.717, 1.165) is 83.9 Å². The first-order chi connectivity index (χ1) is 14.2. The highest BCUT2D eigenvalue weighted by atomic mass is 16.5. The van der Waals surface area contributed by atoms with E-state index in [0.29, 0.717) is 12.2 Å². The molecule has 6 nitrogen and oxygen atoms in total. The van der Waals surface area contributed by atoms with Crippen LogP contribution in [-0.4, -0.2) is 75.2 Å². The maximum Gasteiger partial charge on any atom is 0.193 e. The first-order valence-electron chi connectivity index (χ1n) is 12.1. The lowest BCUT2D eigenvalue weighted by Crippen LogP contribution is -2.52. The van der Waals surface area contributed by atoms with Crippen molar-refractivity contribution in [1.29, 1.82) is 0 Å². The van der Waals surface area contributed by atoms with E-state index >= 15 is 0 Å². The van der Waals surface area contributed by atoms with Gasteiger partial charge in [-0.2, -0.15) is 0 Å². The molecule has 0 aromatic heterocycles. The summed E-state index contributed by atoms with van der Waals surface area (Å²) >= 11 is 0. The summed E-state index contributed by atoms with van der Waals surface area (Å²) in [7, 11) is 1.89. The van der Waals surface area contributed by atoms with Crippen LogP contribution < -0.4 is 5.32 Å². The van der Waals surface area contributed by atoms with Gasteiger partial charge in [-0.1, -0.05) is 26.2 Å². The second-order valence-electron chi connectivity index (χ2n) is 9.00. The van der Waals surface area contributed by atoms with E-state index in [1.807, 2.05) is 7.05 Å². The molecule has 1 atom stereocenters. The largest absolute Gasteiger partial charge is 0.376 e. The molecule has 2 aliphatic heterocycles. The fourth-order valence-corrected chi connectivity index (χ4v) is 4.88. The lowest BCUT2D eigenvalue weighted by atomic mass is 9.84. The van der Waals surface area contributed by atoms with Gasteiger partial charge in [-0.3, -0.25) is 4.99 Å². The van der Waals surface area contributed by atoms with E-state index in [1.54, 1.807) is 0 Å². The van der Waals surface area contributed by atoms with Crippen LogP contribution >= 0.6 is 0 Å². The zero-order valence-corrected chi connectivity index (χ0v) is 18.8. The Bertz CT molecular complexity index is 480. The number of likely N-dealkylation sites (tertiary alicyclic amines) is 1. The molecule has 2 heterocycles. The van der Waals surface area contributed by atoms with E-state index in [2.05, 4.69) is 22.1 Å². The average molecular weight is 410 g/mol. The lowest BCUT2D eigenvalue weighted by Gasteiger charge is -2.40. The third-order valence-corrected chi connectivity index (χ3v) is 6.69. The highest BCUT2D eigenvalue weighted by molar-refractivity contribution is 5.80. The highest BCUT2D eigenvalue weighted by Crippen LogP contribution is 2.31. The highest BCUT2D eigenvalue weighted by Gasteiger charge is 2.33. The molecule has 0 aromatic rings. The number of hydrogen-bond acceptors (Lipinski definition) is 4. The molecule has 2 saturated heterocycles. The standard InChI is InChI=1S/C23H43N3O3/c1-3-16-29-23(12-6-4-7-13-23)19-25-22(24-2)26-14-10-20(11-15-26)28-18-21-9-5-8-17-27-21/h20-21H,3-19H2,1-2H3,(H,24,25). The van der Waals surface area contributed by atoms with Gasteiger partial charge in [-0.25, -0.2) is 0 Å². The lowest BCUT2D eigenvalue weighted by molar-refractivity contribution is -0.0728. The number of piperidine rings is 1. The molecule has 3 aliphatic rings. The van der Waals surface area contributed by atoms with Crippen molar-refractivity contribution in [2.45, 2.75) is 95.4 Å². The van der Waals surface area contributed by atoms with Crippen molar-refractivity contribution < 1.29 is 14.2 Å². The third-order valence-electron chi connectivity index (χ3n) is 6.69. The van der Waals surface area contributed by atoms with Crippen LogP contribution in [0.25, 0.3) is 0 Å². The molecule has 3 rings (SSSR count). The van der Waals surface area contributed by atoms with Crippen molar-refractivity contribution in [2.75, 3.05) is 46.5 Å². The van der Waals surface area contributed by atoms with Crippen LogP contribution in [0.2, 0.25) is 0 Å². The van der Waals surface area contributed by atoms with Crippen molar-refractivity contribution in [2.24, 2.45) is 4.99 Å². The molecule has 1 aliphatic carbocycles. The molecular formula is C23H43N3O3. The Kier molecular flexibility index (Phi) is 9.53. The van der Waals surface area contributed by atoms with Crippen LogP contribution in [-0.2, 0) is 14.2 Å². The number of nitrogens with zero attached hydrogens (tertiary/aromatic N) is 2. The van der Waals surface area contributed by atoms with Gasteiger partial charge in [0.25, 0.3) is 0 Å². The van der Waals surface area contributed by atoms with Crippen molar-refractivity contribution >= 4 is 5.96 Å². The molecule has 29 heavy (non-hydrogen) atoms. The van der Waals surface area contributed by atoms with E-state index in [9.17, 15) is 0 Å². The van der Waals surface area contributed by atoms with Gasteiger partial charge in [0.05, 0.1) is 24.4 Å². The fourth-order valence-electron chi connectivity index (χ4n) is 4.88. The minimum atomic E-state index is -0.00830. The summed E-state index contributed by atoms with van der Waals surface area (Å²) in [5.74, 6) is 1.02. The van der Waals surface area contributed by atoms with E-state index in [4.69, 9.17) is 14.2 Å². The Morgan fingerprint density at radius 1 is 1.10 bits per heavy atom. The maximum absolute atomic E-state index is 6.34. The summed E-state index contributed by atoms with van der Waals surface area (Å²) in [5, 5.41) is 3.65. The van der Waals surface area contributed by atoms with Gasteiger partial charge < -0.3 is 24.4 Å². The number of ether oxygens (including phenoxy) is 3. The number of nitrogens with one attached hydrogen (secondary N) is 1. The van der Waals surface area contributed by atoms with Gasteiger partial charge >= 0.3 is 0 Å². The van der Waals surface area contributed by atoms with Crippen LogP contribution in [0.5, 0.6) is 0 Å². The molecule has 0 bridgehead atoms. The Morgan fingerprint density at radius 2 is 1.90 bits per heavy atom. The third kappa shape index (κ3) is 7.11. The molecule has 3 fully saturated rings. The molecule has 0 radical (unpaired) electrons. The van der Waals surface area contributed by atoms with Crippen LogP contribution in [0.4, 0.5) is 0 Å². The molecule has 0 amide bonds. The van der Waals surface area contributed by atoms with Gasteiger partial charge in [0.15, 0.2) is 5.96 Å².